The Morgan fingerprint density at radius 1 is 1.38 bits per heavy atom. The molecule has 16 heavy (non-hydrogen) atoms. The van der Waals surface area contributed by atoms with Crippen molar-refractivity contribution in [3.05, 3.63) is 41.5 Å². The van der Waals surface area contributed by atoms with Gasteiger partial charge < -0.3 is 5.73 Å². The summed E-state index contributed by atoms with van der Waals surface area (Å²) < 4.78 is 1.74. The van der Waals surface area contributed by atoms with Gasteiger partial charge in [-0.1, -0.05) is 0 Å². The van der Waals surface area contributed by atoms with E-state index in [1.54, 1.807) is 16.9 Å². The zero-order valence-corrected chi connectivity index (χ0v) is 9.14. The SMILES string of the molecule is Cc1cc(-n2nccc2C)cc(C(N)=O)n1. The van der Waals surface area contributed by atoms with Crippen LogP contribution in [0.15, 0.2) is 24.4 Å². The van der Waals surface area contributed by atoms with Crippen LogP contribution in [0.1, 0.15) is 21.9 Å². The summed E-state index contributed by atoms with van der Waals surface area (Å²) in [6.07, 6.45) is 1.70. The summed E-state index contributed by atoms with van der Waals surface area (Å²) in [6, 6.07) is 5.38. The molecule has 2 heterocycles. The Morgan fingerprint density at radius 3 is 2.69 bits per heavy atom. The minimum atomic E-state index is -0.533. The van der Waals surface area contributed by atoms with Crippen molar-refractivity contribution >= 4 is 5.91 Å². The van der Waals surface area contributed by atoms with Crippen LogP contribution in [0.25, 0.3) is 5.69 Å². The quantitative estimate of drug-likeness (QED) is 0.813. The maximum absolute atomic E-state index is 11.1. The number of aromatic nitrogens is 3. The van der Waals surface area contributed by atoms with Gasteiger partial charge in [-0.25, -0.2) is 9.67 Å². The predicted molar refractivity (Wildman–Crippen MR) is 59.4 cm³/mol. The fraction of sp³-hybridized carbons (Fsp3) is 0.182. The molecular weight excluding hydrogens is 204 g/mol. The van der Waals surface area contributed by atoms with Crippen molar-refractivity contribution in [3.8, 4) is 5.69 Å². The number of nitrogens with zero attached hydrogens (tertiary/aromatic N) is 3. The van der Waals surface area contributed by atoms with E-state index in [4.69, 9.17) is 5.73 Å². The Bertz CT molecular complexity index is 545. The van der Waals surface area contributed by atoms with Crippen LogP contribution in [0, 0.1) is 13.8 Å². The molecule has 2 aromatic rings. The van der Waals surface area contributed by atoms with Gasteiger partial charge in [-0.3, -0.25) is 4.79 Å². The first kappa shape index (κ1) is 10.4. The van der Waals surface area contributed by atoms with Gasteiger partial charge in [0.15, 0.2) is 0 Å². The number of nitrogens with two attached hydrogens (primary N) is 1. The van der Waals surface area contributed by atoms with Gasteiger partial charge in [0.05, 0.1) is 5.69 Å². The topological polar surface area (TPSA) is 73.8 Å². The standard InChI is InChI=1S/C11H12N4O/c1-7-5-9(6-10(14-7)11(12)16)15-8(2)3-4-13-15/h3-6H,1-2H3,(H2,12,16). The third-order valence-electron chi connectivity index (χ3n) is 2.27. The summed E-state index contributed by atoms with van der Waals surface area (Å²) >= 11 is 0. The van der Waals surface area contributed by atoms with Gasteiger partial charge in [-0.05, 0) is 32.0 Å². The van der Waals surface area contributed by atoms with Crippen molar-refractivity contribution in [1.82, 2.24) is 14.8 Å². The summed E-state index contributed by atoms with van der Waals surface area (Å²) in [5, 5.41) is 4.16. The fourth-order valence-electron chi connectivity index (χ4n) is 1.54. The molecule has 82 valence electrons. The lowest BCUT2D eigenvalue weighted by Crippen LogP contribution is -2.14. The molecule has 0 spiro atoms. The molecule has 0 radical (unpaired) electrons. The molecule has 0 fully saturated rings. The van der Waals surface area contributed by atoms with Crippen molar-refractivity contribution in [1.29, 1.82) is 0 Å². The number of aryl methyl sites for hydroxylation is 2. The molecule has 5 heteroatoms. The molecule has 2 N–H and O–H groups in total. The minimum Gasteiger partial charge on any atom is -0.364 e. The lowest BCUT2D eigenvalue weighted by molar-refractivity contribution is 0.0995. The average Bonchev–Trinajstić information content (AvgIpc) is 2.63. The number of amides is 1. The summed E-state index contributed by atoms with van der Waals surface area (Å²) in [6.45, 7) is 3.75. The van der Waals surface area contributed by atoms with Gasteiger partial charge in [-0.15, -0.1) is 0 Å². The third kappa shape index (κ3) is 1.79. The fourth-order valence-corrected chi connectivity index (χ4v) is 1.54. The van der Waals surface area contributed by atoms with Gasteiger partial charge in [0.1, 0.15) is 5.69 Å². The largest absolute Gasteiger partial charge is 0.364 e. The van der Waals surface area contributed by atoms with E-state index >= 15 is 0 Å². The van der Waals surface area contributed by atoms with Gasteiger partial charge in [0, 0.05) is 17.6 Å². The van der Waals surface area contributed by atoms with Gasteiger partial charge in [-0.2, -0.15) is 5.10 Å². The molecule has 0 saturated heterocycles. The maximum Gasteiger partial charge on any atom is 0.267 e. The lowest BCUT2D eigenvalue weighted by Gasteiger charge is -2.06. The molecule has 5 nitrogen and oxygen atoms in total. The summed E-state index contributed by atoms with van der Waals surface area (Å²) in [5.74, 6) is -0.533. The molecule has 2 aromatic heterocycles. The van der Waals surface area contributed by atoms with Crippen LogP contribution in [0.4, 0.5) is 0 Å². The highest BCUT2D eigenvalue weighted by atomic mass is 16.1. The minimum absolute atomic E-state index is 0.255. The van der Waals surface area contributed by atoms with E-state index in [1.165, 1.54) is 0 Å². The first-order valence-corrected chi connectivity index (χ1v) is 4.87. The first-order chi connectivity index (χ1) is 7.58. The van der Waals surface area contributed by atoms with Crippen molar-refractivity contribution in [3.63, 3.8) is 0 Å². The zero-order chi connectivity index (χ0) is 11.7. The Morgan fingerprint density at radius 2 is 2.12 bits per heavy atom. The van der Waals surface area contributed by atoms with Crippen LogP contribution in [-0.4, -0.2) is 20.7 Å². The van der Waals surface area contributed by atoms with E-state index in [1.807, 2.05) is 26.0 Å². The van der Waals surface area contributed by atoms with Crippen molar-refractivity contribution in [2.75, 3.05) is 0 Å². The second kappa shape index (κ2) is 3.77. The number of carbonyl (C=O) groups is 1. The second-order valence-corrected chi connectivity index (χ2v) is 3.60. The zero-order valence-electron chi connectivity index (χ0n) is 9.14. The highest BCUT2D eigenvalue weighted by Crippen LogP contribution is 2.12. The third-order valence-corrected chi connectivity index (χ3v) is 2.27. The Balaban J connectivity index is 2.58. The molecule has 0 aliphatic heterocycles. The second-order valence-electron chi connectivity index (χ2n) is 3.60. The monoisotopic (exact) mass is 216 g/mol. The van der Waals surface area contributed by atoms with E-state index < -0.39 is 5.91 Å². The van der Waals surface area contributed by atoms with Gasteiger partial charge >= 0.3 is 0 Å². The molecule has 0 aliphatic carbocycles. The van der Waals surface area contributed by atoms with Gasteiger partial charge in [0.2, 0.25) is 0 Å². The molecule has 1 amide bonds. The van der Waals surface area contributed by atoms with Gasteiger partial charge in [0.25, 0.3) is 5.91 Å². The highest BCUT2D eigenvalue weighted by molar-refractivity contribution is 5.91. The number of primary amides is 1. The predicted octanol–water partition coefficient (Wildman–Crippen LogP) is 0.983. The van der Waals surface area contributed by atoms with Crippen molar-refractivity contribution in [2.24, 2.45) is 5.73 Å². The van der Waals surface area contributed by atoms with E-state index in [2.05, 4.69) is 10.1 Å². The number of hydrogen-bond donors (Lipinski definition) is 1. The van der Waals surface area contributed by atoms with Crippen molar-refractivity contribution < 1.29 is 4.79 Å². The number of rotatable bonds is 2. The molecule has 0 bridgehead atoms. The normalized spacial score (nSPS) is 10.4. The first-order valence-electron chi connectivity index (χ1n) is 4.87. The van der Waals surface area contributed by atoms with E-state index in [0.717, 1.165) is 17.1 Å². The maximum atomic E-state index is 11.1. The van der Waals surface area contributed by atoms with Crippen LogP contribution in [0.3, 0.4) is 0 Å². The van der Waals surface area contributed by atoms with Crippen LogP contribution < -0.4 is 5.73 Å². The lowest BCUT2D eigenvalue weighted by atomic mass is 10.2. The van der Waals surface area contributed by atoms with Crippen LogP contribution >= 0.6 is 0 Å². The summed E-state index contributed by atoms with van der Waals surface area (Å²) in [5.41, 5.74) is 7.99. The molecule has 0 atom stereocenters. The molecule has 0 aliphatic rings. The number of pyridine rings is 1. The van der Waals surface area contributed by atoms with E-state index in [9.17, 15) is 4.79 Å². The molecule has 0 aromatic carbocycles. The Kier molecular flexibility index (Phi) is 2.44. The molecule has 0 saturated carbocycles. The van der Waals surface area contributed by atoms with E-state index in [-0.39, 0.29) is 5.69 Å². The molecule has 0 unspecified atom stereocenters. The summed E-state index contributed by atoms with van der Waals surface area (Å²) in [7, 11) is 0. The number of hydrogen-bond acceptors (Lipinski definition) is 3. The summed E-state index contributed by atoms with van der Waals surface area (Å²) in [4.78, 5) is 15.1. The smallest absolute Gasteiger partial charge is 0.267 e. The molecule has 2 rings (SSSR count). The van der Waals surface area contributed by atoms with Crippen LogP contribution in [0.5, 0.6) is 0 Å². The number of carbonyl (C=O) groups excluding carboxylic acids is 1. The van der Waals surface area contributed by atoms with Crippen LogP contribution in [-0.2, 0) is 0 Å². The Labute approximate surface area is 92.9 Å². The Hall–Kier alpha value is -2.17. The van der Waals surface area contributed by atoms with E-state index in [0.29, 0.717) is 0 Å². The van der Waals surface area contributed by atoms with Crippen LogP contribution in [0.2, 0.25) is 0 Å². The van der Waals surface area contributed by atoms with Crippen molar-refractivity contribution in [2.45, 2.75) is 13.8 Å². The highest BCUT2D eigenvalue weighted by Gasteiger charge is 2.08. The average molecular weight is 216 g/mol. The molecular formula is C11H12N4O.